The molecule has 1 aromatic carbocycles. The Hall–Kier alpha value is -1.84. The van der Waals surface area contributed by atoms with Gasteiger partial charge >= 0.3 is 0 Å². The molecule has 0 saturated heterocycles. The fourth-order valence-electron chi connectivity index (χ4n) is 2.88. The van der Waals surface area contributed by atoms with Gasteiger partial charge in [0, 0.05) is 11.1 Å². The van der Waals surface area contributed by atoms with Gasteiger partial charge in [-0.05, 0) is 38.0 Å². The topological polar surface area (TPSA) is 57.8 Å². The Kier molecular flexibility index (Phi) is 3.01. The van der Waals surface area contributed by atoms with Gasteiger partial charge in [-0.2, -0.15) is 0 Å². The van der Waals surface area contributed by atoms with Gasteiger partial charge in [-0.3, -0.25) is 4.79 Å². The van der Waals surface area contributed by atoms with Crippen LogP contribution >= 0.6 is 0 Å². The van der Waals surface area contributed by atoms with Gasteiger partial charge in [0.25, 0.3) is 5.91 Å². The molecule has 1 aliphatic rings. The van der Waals surface area contributed by atoms with Gasteiger partial charge in [0.2, 0.25) is 0 Å². The minimum absolute atomic E-state index is 0.0147. The summed E-state index contributed by atoms with van der Waals surface area (Å²) in [4.78, 5) is 19.5. The highest BCUT2D eigenvalue weighted by molar-refractivity contribution is 5.97. The summed E-state index contributed by atoms with van der Waals surface area (Å²) >= 11 is 0. The van der Waals surface area contributed by atoms with Crippen molar-refractivity contribution in [1.82, 2.24) is 15.3 Å². The summed E-state index contributed by atoms with van der Waals surface area (Å²) in [6, 6.07) is 5.58. The average molecular weight is 257 g/mol. The SMILES string of the molecule is CC1(NC(=O)c2ccc3nc[nH]c3c2)CCCCC1. The first kappa shape index (κ1) is 12.2. The first-order chi connectivity index (χ1) is 9.16. The molecule has 0 aliphatic heterocycles. The molecule has 1 aromatic heterocycles. The van der Waals surface area contributed by atoms with Crippen LogP contribution in [0.25, 0.3) is 11.0 Å². The maximum absolute atomic E-state index is 12.3. The number of amides is 1. The van der Waals surface area contributed by atoms with Crippen LogP contribution in [0.2, 0.25) is 0 Å². The number of carbonyl (C=O) groups excluding carboxylic acids is 1. The summed E-state index contributed by atoms with van der Waals surface area (Å²) in [5.41, 5.74) is 2.45. The summed E-state index contributed by atoms with van der Waals surface area (Å²) in [5, 5.41) is 3.20. The van der Waals surface area contributed by atoms with Crippen molar-refractivity contribution < 1.29 is 4.79 Å². The molecule has 19 heavy (non-hydrogen) atoms. The third-order valence-electron chi connectivity index (χ3n) is 4.05. The van der Waals surface area contributed by atoms with E-state index in [1.165, 1.54) is 19.3 Å². The van der Waals surface area contributed by atoms with Crippen molar-refractivity contribution in [3.63, 3.8) is 0 Å². The van der Waals surface area contributed by atoms with Crippen molar-refractivity contribution in [3.05, 3.63) is 30.1 Å². The Bertz CT molecular complexity index is 596. The maximum atomic E-state index is 12.3. The molecule has 1 amide bonds. The third-order valence-corrected chi connectivity index (χ3v) is 4.05. The molecule has 1 saturated carbocycles. The van der Waals surface area contributed by atoms with Crippen LogP contribution in [0.3, 0.4) is 0 Å². The quantitative estimate of drug-likeness (QED) is 0.868. The van der Waals surface area contributed by atoms with Crippen molar-refractivity contribution in [2.75, 3.05) is 0 Å². The number of rotatable bonds is 2. The molecular weight excluding hydrogens is 238 g/mol. The molecule has 100 valence electrons. The highest BCUT2D eigenvalue weighted by Gasteiger charge is 2.28. The Balaban J connectivity index is 1.79. The second-order valence-corrected chi connectivity index (χ2v) is 5.71. The summed E-state index contributed by atoms with van der Waals surface area (Å²) < 4.78 is 0. The molecule has 1 fully saturated rings. The van der Waals surface area contributed by atoms with E-state index < -0.39 is 0 Å². The number of benzene rings is 1. The first-order valence-corrected chi connectivity index (χ1v) is 6.92. The Labute approximate surface area is 112 Å². The van der Waals surface area contributed by atoms with Crippen LogP contribution in [-0.4, -0.2) is 21.4 Å². The van der Waals surface area contributed by atoms with Gasteiger partial charge in [0.15, 0.2) is 0 Å². The predicted molar refractivity (Wildman–Crippen MR) is 75.0 cm³/mol. The zero-order valence-electron chi connectivity index (χ0n) is 11.2. The minimum Gasteiger partial charge on any atom is -0.347 e. The molecule has 1 heterocycles. The number of nitrogens with one attached hydrogen (secondary N) is 2. The molecule has 4 heteroatoms. The van der Waals surface area contributed by atoms with E-state index in [0.717, 1.165) is 23.9 Å². The van der Waals surface area contributed by atoms with Crippen molar-refractivity contribution in [1.29, 1.82) is 0 Å². The molecular formula is C15H19N3O. The number of H-pyrrole nitrogens is 1. The van der Waals surface area contributed by atoms with Crippen molar-refractivity contribution in [2.24, 2.45) is 0 Å². The number of aromatic nitrogens is 2. The van der Waals surface area contributed by atoms with Crippen LogP contribution in [-0.2, 0) is 0 Å². The Morgan fingerprint density at radius 1 is 1.32 bits per heavy atom. The molecule has 1 aliphatic carbocycles. The van der Waals surface area contributed by atoms with Gasteiger partial charge in [0.1, 0.15) is 0 Å². The standard InChI is InChI=1S/C15H19N3O/c1-15(7-3-2-4-8-15)18-14(19)11-5-6-12-13(9-11)17-10-16-12/h5-6,9-10H,2-4,7-8H2,1H3,(H,16,17)(H,18,19). The third kappa shape index (κ3) is 2.48. The molecule has 0 unspecified atom stereocenters. The lowest BCUT2D eigenvalue weighted by Crippen LogP contribution is -2.47. The second kappa shape index (κ2) is 4.68. The number of carbonyl (C=O) groups is 1. The van der Waals surface area contributed by atoms with Gasteiger partial charge in [0.05, 0.1) is 17.4 Å². The normalized spacial score (nSPS) is 18.4. The van der Waals surface area contributed by atoms with Crippen LogP contribution in [0.15, 0.2) is 24.5 Å². The van der Waals surface area contributed by atoms with E-state index >= 15 is 0 Å². The molecule has 4 nitrogen and oxygen atoms in total. The van der Waals surface area contributed by atoms with Crippen LogP contribution in [0.5, 0.6) is 0 Å². The van der Waals surface area contributed by atoms with Crippen molar-refractivity contribution in [3.8, 4) is 0 Å². The number of aromatic amines is 1. The summed E-state index contributed by atoms with van der Waals surface area (Å²) in [6.45, 7) is 2.15. The lowest BCUT2D eigenvalue weighted by atomic mass is 9.83. The van der Waals surface area contributed by atoms with E-state index in [0.29, 0.717) is 5.56 Å². The molecule has 0 atom stereocenters. The van der Waals surface area contributed by atoms with Gasteiger partial charge in [-0.25, -0.2) is 4.98 Å². The van der Waals surface area contributed by atoms with Crippen LogP contribution in [0.4, 0.5) is 0 Å². The number of nitrogens with zero attached hydrogens (tertiary/aromatic N) is 1. The van der Waals surface area contributed by atoms with E-state index in [2.05, 4.69) is 22.2 Å². The summed E-state index contributed by atoms with van der Waals surface area (Å²) in [5.74, 6) is 0.0147. The van der Waals surface area contributed by atoms with Crippen LogP contribution < -0.4 is 5.32 Å². The Morgan fingerprint density at radius 2 is 2.11 bits per heavy atom. The first-order valence-electron chi connectivity index (χ1n) is 6.92. The second-order valence-electron chi connectivity index (χ2n) is 5.71. The largest absolute Gasteiger partial charge is 0.347 e. The lowest BCUT2D eigenvalue weighted by molar-refractivity contribution is 0.0883. The molecule has 2 N–H and O–H groups in total. The predicted octanol–water partition coefficient (Wildman–Crippen LogP) is 3.02. The molecule has 2 aromatic rings. The van der Waals surface area contributed by atoms with Gasteiger partial charge in [-0.15, -0.1) is 0 Å². The molecule has 0 spiro atoms. The highest BCUT2D eigenvalue weighted by atomic mass is 16.1. The molecule has 3 rings (SSSR count). The van der Waals surface area contributed by atoms with Crippen LogP contribution in [0.1, 0.15) is 49.4 Å². The van der Waals surface area contributed by atoms with E-state index in [1.54, 1.807) is 6.33 Å². The zero-order chi connectivity index (χ0) is 13.3. The fraction of sp³-hybridized carbons (Fsp3) is 0.467. The fourth-order valence-corrected chi connectivity index (χ4v) is 2.88. The zero-order valence-corrected chi connectivity index (χ0v) is 11.2. The van der Waals surface area contributed by atoms with E-state index in [4.69, 9.17) is 0 Å². The number of imidazole rings is 1. The number of fused-ring (bicyclic) bond motifs is 1. The van der Waals surface area contributed by atoms with E-state index in [-0.39, 0.29) is 11.4 Å². The minimum atomic E-state index is -0.0434. The van der Waals surface area contributed by atoms with Crippen LogP contribution in [0, 0.1) is 0 Å². The smallest absolute Gasteiger partial charge is 0.251 e. The maximum Gasteiger partial charge on any atom is 0.251 e. The van der Waals surface area contributed by atoms with Gasteiger partial charge in [-0.1, -0.05) is 19.3 Å². The average Bonchev–Trinajstić information content (AvgIpc) is 2.86. The van der Waals surface area contributed by atoms with E-state index in [9.17, 15) is 4.79 Å². The lowest BCUT2D eigenvalue weighted by Gasteiger charge is -2.34. The van der Waals surface area contributed by atoms with E-state index in [1.807, 2.05) is 18.2 Å². The number of hydrogen-bond acceptors (Lipinski definition) is 2. The molecule has 0 radical (unpaired) electrons. The summed E-state index contributed by atoms with van der Waals surface area (Å²) in [6.07, 6.45) is 7.49. The van der Waals surface area contributed by atoms with Gasteiger partial charge < -0.3 is 10.3 Å². The van der Waals surface area contributed by atoms with Crippen molar-refractivity contribution in [2.45, 2.75) is 44.6 Å². The molecule has 0 bridgehead atoms. The Morgan fingerprint density at radius 3 is 2.89 bits per heavy atom. The number of hydrogen-bond donors (Lipinski definition) is 2. The summed E-state index contributed by atoms with van der Waals surface area (Å²) in [7, 11) is 0. The highest BCUT2D eigenvalue weighted by Crippen LogP contribution is 2.28. The van der Waals surface area contributed by atoms with Crippen molar-refractivity contribution >= 4 is 16.9 Å². The monoisotopic (exact) mass is 257 g/mol.